The summed E-state index contributed by atoms with van der Waals surface area (Å²) in [5.74, 6) is -4.78. The maximum absolute atomic E-state index is 9.72. The second-order valence-corrected chi connectivity index (χ2v) is 1.50. The molecule has 0 rings (SSSR count). The molecule has 100 valence electrons. The topological polar surface area (TPSA) is 224 Å². The number of hydrogen-bond acceptors (Lipinski definition) is 8. The Morgan fingerprint density at radius 1 is 1.06 bits per heavy atom. The molecule has 0 aliphatic heterocycles. The molecule has 10 nitrogen and oxygen atoms in total. The van der Waals surface area contributed by atoms with Crippen LogP contribution in [0.15, 0.2) is 0 Å². The van der Waals surface area contributed by atoms with Gasteiger partial charge in [-0.1, -0.05) is 0 Å². The molecule has 17 heavy (non-hydrogen) atoms. The van der Waals surface area contributed by atoms with E-state index in [1.165, 1.54) is 0 Å². The SMILES string of the molecule is O.O.[2H]C([2H])(O)C([2H])(O)C(=O)[O-].[2H]C([2H])(O)C([2H])(O)C(=O)[O-].[Ca+2]. The van der Waals surface area contributed by atoms with Gasteiger partial charge >= 0.3 is 37.7 Å². The number of carbonyl (C=O) groups is 2. The van der Waals surface area contributed by atoms with E-state index in [-0.39, 0.29) is 48.7 Å². The molecule has 0 bridgehead atoms. The average Bonchev–Trinajstić information content (AvgIpc) is 2.14. The number of carbonyl (C=O) groups excluding carboxylic acids is 2. The van der Waals surface area contributed by atoms with Crippen LogP contribution >= 0.6 is 0 Å². The minimum Gasteiger partial charge on any atom is -0.547 e. The molecule has 0 aromatic carbocycles. The maximum Gasteiger partial charge on any atom is 2.00 e. The summed E-state index contributed by atoms with van der Waals surface area (Å²) in [4.78, 5) is 19.4. The summed E-state index contributed by atoms with van der Waals surface area (Å²) in [7, 11) is 0. The van der Waals surface area contributed by atoms with Crippen molar-refractivity contribution in [1.29, 1.82) is 0 Å². The second kappa shape index (κ2) is 18.3. The first-order valence-electron chi connectivity index (χ1n) is 5.71. The van der Waals surface area contributed by atoms with E-state index in [4.69, 9.17) is 28.7 Å². The second-order valence-electron chi connectivity index (χ2n) is 1.50. The molecule has 0 saturated carbocycles. The van der Waals surface area contributed by atoms with E-state index in [2.05, 4.69) is 0 Å². The van der Waals surface area contributed by atoms with Gasteiger partial charge in [0.15, 0.2) is 0 Å². The van der Waals surface area contributed by atoms with Crippen molar-refractivity contribution >= 4 is 49.7 Å². The molecule has 0 amide bonds. The van der Waals surface area contributed by atoms with Crippen LogP contribution < -0.4 is 10.2 Å². The number of aliphatic hydroxyl groups is 4. The average molecular weight is 292 g/mol. The monoisotopic (exact) mass is 292 g/mol. The van der Waals surface area contributed by atoms with Gasteiger partial charge in [0.05, 0.1) is 33.3 Å². The van der Waals surface area contributed by atoms with Gasteiger partial charge < -0.3 is 51.2 Å². The molecule has 0 aromatic rings. The van der Waals surface area contributed by atoms with Gasteiger partial charge in [-0.3, -0.25) is 0 Å². The van der Waals surface area contributed by atoms with E-state index in [1.54, 1.807) is 0 Å². The normalized spacial score (nSPS) is 21.6. The molecule has 2 unspecified atom stereocenters. The Morgan fingerprint density at radius 3 is 1.24 bits per heavy atom. The smallest absolute Gasteiger partial charge is 0.547 e. The molecule has 2 atom stereocenters. The molecular weight excluding hydrogens is 272 g/mol. The summed E-state index contributed by atoms with van der Waals surface area (Å²) in [5, 5.41) is 52.4. The van der Waals surface area contributed by atoms with E-state index in [0.29, 0.717) is 0 Å². The van der Waals surface area contributed by atoms with Crippen molar-refractivity contribution in [2.24, 2.45) is 0 Å². The van der Waals surface area contributed by atoms with Crippen LogP contribution in [0.5, 0.6) is 0 Å². The molecular formula is C6H14CaO10. The van der Waals surface area contributed by atoms with Gasteiger partial charge in [-0.2, -0.15) is 0 Å². The van der Waals surface area contributed by atoms with Crippen LogP contribution in [0.25, 0.3) is 0 Å². The summed E-state index contributed by atoms with van der Waals surface area (Å²) < 4.78 is 37.5. The van der Waals surface area contributed by atoms with Crippen LogP contribution in [0.3, 0.4) is 0 Å². The Hall–Kier alpha value is -0.0403. The first kappa shape index (κ1) is 13.4. The van der Waals surface area contributed by atoms with Crippen molar-refractivity contribution in [3.8, 4) is 0 Å². The Morgan fingerprint density at radius 2 is 1.24 bits per heavy atom. The Kier molecular flexibility index (Phi) is 14.4. The summed E-state index contributed by atoms with van der Waals surface area (Å²) in [6.45, 7) is -7.04. The van der Waals surface area contributed by atoms with Crippen molar-refractivity contribution in [3.63, 3.8) is 0 Å². The van der Waals surface area contributed by atoms with Gasteiger partial charge in [0, 0.05) is 0 Å². The Labute approximate surface area is 134 Å². The first-order valence-corrected chi connectivity index (χ1v) is 2.71. The number of carboxylic acids is 2. The van der Waals surface area contributed by atoms with Gasteiger partial charge in [0.1, 0.15) is 12.2 Å². The molecule has 0 radical (unpaired) electrons. The van der Waals surface area contributed by atoms with Crippen molar-refractivity contribution in [1.82, 2.24) is 0 Å². The van der Waals surface area contributed by atoms with Gasteiger partial charge in [0.2, 0.25) is 0 Å². The number of carboxylic acid groups (broad SMARTS) is 2. The fourth-order valence-corrected chi connectivity index (χ4v) is 0.0913. The van der Waals surface area contributed by atoms with Crippen molar-refractivity contribution in [2.45, 2.75) is 12.2 Å². The predicted octanol–water partition coefficient (Wildman–Crippen LogP) is -7.85. The summed E-state index contributed by atoms with van der Waals surface area (Å²) in [6.07, 6.45) is -7.24. The fraction of sp³-hybridized carbons (Fsp3) is 0.667. The molecule has 0 aromatic heterocycles. The van der Waals surface area contributed by atoms with E-state index < -0.39 is 37.2 Å². The molecule has 11 heteroatoms. The van der Waals surface area contributed by atoms with E-state index in [9.17, 15) is 19.8 Å². The van der Waals surface area contributed by atoms with Crippen LogP contribution in [0, 0.1) is 0 Å². The van der Waals surface area contributed by atoms with Crippen LogP contribution in [0.4, 0.5) is 0 Å². The summed E-state index contributed by atoms with van der Waals surface area (Å²) >= 11 is 0. The quantitative estimate of drug-likeness (QED) is 0.363. The van der Waals surface area contributed by atoms with Crippen LogP contribution in [-0.4, -0.2) is 106 Å². The van der Waals surface area contributed by atoms with E-state index >= 15 is 0 Å². The summed E-state index contributed by atoms with van der Waals surface area (Å²) in [6, 6.07) is 0. The van der Waals surface area contributed by atoms with Gasteiger partial charge in [0.25, 0.3) is 0 Å². The molecule has 0 spiro atoms. The predicted molar refractivity (Wildman–Crippen MR) is 49.2 cm³/mol. The standard InChI is InChI=1S/2C3H6O4.Ca.2H2O/c2*4-1-2(5)3(6)7;;;/h2*2,4-5H,1H2,(H,6,7);;2*1H2/q;;+2;;/p-2/i2*1D2,2D;;;. The Bertz CT molecular complexity index is 341. The zero-order chi connectivity index (χ0) is 17.2. The molecule has 0 heterocycles. The van der Waals surface area contributed by atoms with Crippen LogP contribution in [0.2, 0.25) is 0 Å². The Balaban J connectivity index is -0.0000000831. The van der Waals surface area contributed by atoms with Gasteiger partial charge in [-0.05, 0) is 0 Å². The zero-order valence-electron chi connectivity index (χ0n) is 14.1. The maximum atomic E-state index is 9.72. The van der Waals surface area contributed by atoms with Gasteiger partial charge in [-0.15, -0.1) is 0 Å². The third-order valence-electron chi connectivity index (χ3n) is 0.599. The summed E-state index contributed by atoms with van der Waals surface area (Å²) in [5.41, 5.74) is 0. The number of rotatable bonds is 4. The number of aliphatic carboxylic acids is 2. The van der Waals surface area contributed by atoms with E-state index in [1.807, 2.05) is 0 Å². The molecule has 8 N–H and O–H groups in total. The molecule has 0 aliphatic rings. The minimum atomic E-state index is -3.62. The zero-order valence-corrected chi connectivity index (χ0v) is 10.3. The van der Waals surface area contributed by atoms with Gasteiger partial charge in [-0.25, -0.2) is 0 Å². The number of hydrogen-bond donors (Lipinski definition) is 4. The largest absolute Gasteiger partial charge is 2.00 e. The first-order chi connectivity index (χ1) is 8.39. The fourth-order valence-electron chi connectivity index (χ4n) is 0.0913. The van der Waals surface area contributed by atoms with Crippen LogP contribution in [-0.2, 0) is 9.59 Å². The van der Waals surface area contributed by atoms with Crippen molar-refractivity contribution in [3.05, 3.63) is 0 Å². The van der Waals surface area contributed by atoms with Crippen molar-refractivity contribution < 1.29 is 59.4 Å². The van der Waals surface area contributed by atoms with Crippen molar-refractivity contribution in [2.75, 3.05) is 13.1 Å². The van der Waals surface area contributed by atoms with Crippen LogP contribution in [0.1, 0.15) is 8.22 Å². The third-order valence-corrected chi connectivity index (χ3v) is 0.599. The van der Waals surface area contributed by atoms with E-state index in [0.717, 1.165) is 0 Å². The molecule has 0 saturated heterocycles. The molecule has 0 aliphatic carbocycles. The minimum absolute atomic E-state index is 0. The third kappa shape index (κ3) is 21.7. The molecule has 0 fully saturated rings.